The molecule has 8 heteroatoms. The third-order valence-electron chi connectivity index (χ3n) is 3.41. The van der Waals surface area contributed by atoms with Gasteiger partial charge in [-0.2, -0.15) is 0 Å². The molecule has 0 radical (unpaired) electrons. The average Bonchev–Trinajstić information content (AvgIpc) is 3.21. The van der Waals surface area contributed by atoms with Gasteiger partial charge in [-0.15, -0.1) is 0 Å². The highest BCUT2D eigenvalue weighted by Gasteiger charge is 2.32. The predicted molar refractivity (Wildman–Crippen MR) is 80.2 cm³/mol. The number of nitrogens with two attached hydrogens (primary N) is 1. The Bertz CT molecular complexity index is 674. The van der Waals surface area contributed by atoms with Crippen LogP contribution in [0.15, 0.2) is 21.5 Å². The van der Waals surface area contributed by atoms with Gasteiger partial charge in [0, 0.05) is 23.3 Å². The van der Waals surface area contributed by atoms with Crippen LogP contribution in [-0.2, 0) is 9.84 Å². The van der Waals surface area contributed by atoms with E-state index in [2.05, 4.69) is 21.2 Å². The Morgan fingerprint density at radius 1 is 1.52 bits per heavy atom. The van der Waals surface area contributed by atoms with E-state index in [4.69, 9.17) is 5.73 Å². The molecule has 1 aliphatic rings. The first kappa shape index (κ1) is 16.4. The van der Waals surface area contributed by atoms with Gasteiger partial charge in [0.25, 0.3) is 5.91 Å². The van der Waals surface area contributed by atoms with Gasteiger partial charge in [0.05, 0.1) is 5.56 Å². The molecule has 3 N–H and O–H groups in total. The van der Waals surface area contributed by atoms with Crippen LogP contribution in [0.3, 0.4) is 0 Å². The zero-order valence-electron chi connectivity index (χ0n) is 11.4. The number of sulfone groups is 1. The van der Waals surface area contributed by atoms with Gasteiger partial charge < -0.3 is 11.1 Å². The summed E-state index contributed by atoms with van der Waals surface area (Å²) in [4.78, 5) is 11.7. The summed E-state index contributed by atoms with van der Waals surface area (Å²) in [6.45, 7) is 0.269. The second kappa shape index (κ2) is 6.02. The van der Waals surface area contributed by atoms with Crippen LogP contribution in [0.2, 0.25) is 0 Å². The maximum Gasteiger partial charge on any atom is 0.254 e. The van der Waals surface area contributed by atoms with Gasteiger partial charge in [0.2, 0.25) is 0 Å². The quantitative estimate of drug-likeness (QED) is 0.811. The van der Waals surface area contributed by atoms with Crippen molar-refractivity contribution in [3.8, 4) is 0 Å². The molecule has 0 bridgehead atoms. The molecule has 0 heterocycles. The van der Waals surface area contributed by atoms with Crippen LogP contribution in [0.4, 0.5) is 4.39 Å². The minimum atomic E-state index is -3.76. The minimum Gasteiger partial charge on any atom is -0.348 e. The molecule has 0 aromatic heterocycles. The second-order valence-electron chi connectivity index (χ2n) is 5.19. The van der Waals surface area contributed by atoms with Crippen LogP contribution in [0, 0.1) is 11.7 Å². The predicted octanol–water partition coefficient (Wildman–Crippen LogP) is 1.46. The number of hydrogen-bond donors (Lipinski definition) is 2. The lowest BCUT2D eigenvalue weighted by molar-refractivity contribution is 0.0928. The van der Waals surface area contributed by atoms with Crippen LogP contribution in [0.5, 0.6) is 0 Å². The fourth-order valence-electron chi connectivity index (χ4n) is 2.11. The van der Waals surface area contributed by atoms with E-state index in [1.807, 2.05) is 0 Å². The molecule has 2 rings (SSSR count). The smallest absolute Gasteiger partial charge is 0.254 e. The van der Waals surface area contributed by atoms with Gasteiger partial charge >= 0.3 is 0 Å². The number of benzene rings is 1. The Morgan fingerprint density at radius 3 is 2.62 bits per heavy atom. The summed E-state index contributed by atoms with van der Waals surface area (Å²) in [5.41, 5.74) is 5.29. The number of rotatable bonds is 5. The molecule has 5 nitrogen and oxygen atoms in total. The first-order valence-electron chi connectivity index (χ1n) is 6.44. The van der Waals surface area contributed by atoms with Crippen LogP contribution in [-0.4, -0.2) is 33.2 Å². The van der Waals surface area contributed by atoms with Crippen molar-refractivity contribution in [2.45, 2.75) is 23.8 Å². The highest BCUT2D eigenvalue weighted by atomic mass is 79.9. The third kappa shape index (κ3) is 3.81. The van der Waals surface area contributed by atoms with E-state index < -0.39 is 26.5 Å². The molecule has 0 aliphatic heterocycles. The SMILES string of the molecule is CS(=O)(=O)c1cc(Br)cc(C(=O)NC(CN)C2CC2)c1F. The standard InChI is InChI=1S/C13H16BrFN2O3S/c1-21(19,20)11-5-8(14)4-9(12(11)15)13(18)17-10(6-16)7-2-3-7/h4-5,7,10H,2-3,6,16H2,1H3,(H,17,18). The van der Waals surface area contributed by atoms with E-state index >= 15 is 0 Å². The van der Waals surface area contributed by atoms with Crippen molar-refractivity contribution >= 4 is 31.7 Å². The monoisotopic (exact) mass is 378 g/mol. The van der Waals surface area contributed by atoms with Crippen molar-refractivity contribution in [3.05, 3.63) is 28.0 Å². The van der Waals surface area contributed by atoms with Crippen LogP contribution < -0.4 is 11.1 Å². The number of nitrogens with one attached hydrogen (secondary N) is 1. The van der Waals surface area contributed by atoms with Crippen LogP contribution in [0.25, 0.3) is 0 Å². The van der Waals surface area contributed by atoms with E-state index in [0.29, 0.717) is 10.4 Å². The van der Waals surface area contributed by atoms with Crippen molar-refractivity contribution in [3.63, 3.8) is 0 Å². The van der Waals surface area contributed by atoms with E-state index in [0.717, 1.165) is 25.2 Å². The molecule has 116 valence electrons. The molecular weight excluding hydrogens is 363 g/mol. The van der Waals surface area contributed by atoms with E-state index in [-0.39, 0.29) is 18.2 Å². The average molecular weight is 379 g/mol. The molecule has 21 heavy (non-hydrogen) atoms. The zero-order valence-corrected chi connectivity index (χ0v) is 13.8. The highest BCUT2D eigenvalue weighted by molar-refractivity contribution is 9.10. The van der Waals surface area contributed by atoms with Crippen LogP contribution in [0.1, 0.15) is 23.2 Å². The van der Waals surface area contributed by atoms with Gasteiger partial charge in [-0.25, -0.2) is 12.8 Å². The maximum atomic E-state index is 14.3. The first-order valence-corrected chi connectivity index (χ1v) is 9.12. The Hall–Kier alpha value is -0.990. The summed E-state index contributed by atoms with van der Waals surface area (Å²) < 4.78 is 37.7. The molecule has 0 spiro atoms. The van der Waals surface area contributed by atoms with Crippen LogP contribution >= 0.6 is 15.9 Å². The molecule has 1 aliphatic carbocycles. The lowest BCUT2D eigenvalue weighted by atomic mass is 10.1. The molecule has 1 amide bonds. The maximum absolute atomic E-state index is 14.3. The summed E-state index contributed by atoms with van der Waals surface area (Å²) in [5.74, 6) is -1.37. The van der Waals surface area contributed by atoms with Gasteiger partial charge in [-0.3, -0.25) is 4.79 Å². The molecular formula is C13H16BrFN2O3S. The van der Waals surface area contributed by atoms with Crippen molar-refractivity contribution in [2.75, 3.05) is 12.8 Å². The fraction of sp³-hybridized carbons (Fsp3) is 0.462. The molecule has 0 saturated heterocycles. The lowest BCUT2D eigenvalue weighted by Gasteiger charge is -2.17. The number of amides is 1. The summed E-state index contributed by atoms with van der Waals surface area (Å²) >= 11 is 3.10. The summed E-state index contributed by atoms with van der Waals surface area (Å²) in [6, 6.07) is 2.19. The Balaban J connectivity index is 2.34. The molecule has 1 fully saturated rings. The van der Waals surface area contributed by atoms with Crippen molar-refractivity contribution in [1.29, 1.82) is 0 Å². The number of carbonyl (C=O) groups is 1. The van der Waals surface area contributed by atoms with Gasteiger partial charge in [0.15, 0.2) is 15.7 Å². The van der Waals surface area contributed by atoms with Gasteiger partial charge in [0.1, 0.15) is 4.90 Å². The van der Waals surface area contributed by atoms with Crippen molar-refractivity contribution in [1.82, 2.24) is 5.32 Å². The van der Waals surface area contributed by atoms with Crippen molar-refractivity contribution < 1.29 is 17.6 Å². The van der Waals surface area contributed by atoms with E-state index in [9.17, 15) is 17.6 Å². The Kier molecular flexibility index (Phi) is 4.69. The number of halogens is 2. The summed E-state index contributed by atoms with van der Waals surface area (Å²) in [5, 5.41) is 2.67. The molecule has 1 aromatic carbocycles. The first-order chi connectivity index (χ1) is 9.74. The molecule has 1 aromatic rings. The molecule has 1 atom stereocenters. The van der Waals surface area contributed by atoms with E-state index in [1.54, 1.807) is 0 Å². The van der Waals surface area contributed by atoms with Crippen molar-refractivity contribution in [2.24, 2.45) is 11.7 Å². The zero-order chi connectivity index (χ0) is 15.8. The Morgan fingerprint density at radius 2 is 2.14 bits per heavy atom. The lowest BCUT2D eigenvalue weighted by Crippen LogP contribution is -2.42. The number of carbonyl (C=O) groups excluding carboxylic acids is 1. The third-order valence-corrected chi connectivity index (χ3v) is 4.96. The minimum absolute atomic E-state index is 0.211. The highest BCUT2D eigenvalue weighted by Crippen LogP contribution is 2.32. The van der Waals surface area contributed by atoms with E-state index in [1.165, 1.54) is 6.07 Å². The molecule has 1 saturated carbocycles. The second-order valence-corrected chi connectivity index (χ2v) is 8.09. The summed E-state index contributed by atoms with van der Waals surface area (Å²) in [7, 11) is -3.76. The normalized spacial score (nSPS) is 16.6. The Labute approximate surface area is 131 Å². The topological polar surface area (TPSA) is 89.3 Å². The van der Waals surface area contributed by atoms with Gasteiger partial charge in [-0.05, 0) is 30.9 Å². The molecule has 1 unspecified atom stereocenters. The fourth-order valence-corrected chi connectivity index (χ4v) is 3.50. The number of hydrogen-bond acceptors (Lipinski definition) is 4. The largest absolute Gasteiger partial charge is 0.348 e. The van der Waals surface area contributed by atoms with Gasteiger partial charge in [-0.1, -0.05) is 15.9 Å². The summed E-state index contributed by atoms with van der Waals surface area (Å²) in [6.07, 6.45) is 2.86.